The average molecular weight is 601 g/mol. The summed E-state index contributed by atoms with van der Waals surface area (Å²) < 4.78 is 75.6. The standard InChI is InChI=1S/C29H28O8S3/c1-4-38(26-14-7-24(36-3)19-29(20-26)40(32,33)34)25-12-5-22(6-13-25)37-23-10-17-28(18-11-23)39(30,31)27-15-8-21(35-2)9-16-27/h4-19H,20H2,1-3H3,(H,32,33,34). The molecule has 40 heavy (non-hydrogen) atoms. The predicted octanol–water partition coefficient (Wildman–Crippen LogP) is 6.36. The van der Waals surface area contributed by atoms with Crippen molar-refractivity contribution in [2.45, 2.75) is 28.0 Å². The molecule has 1 aliphatic rings. The van der Waals surface area contributed by atoms with Gasteiger partial charge in [-0.1, -0.05) is 5.37 Å². The fraction of sp³-hybridized carbons (Fsp3) is 0.138. The highest BCUT2D eigenvalue weighted by Gasteiger charge is 2.21. The Kier molecular flexibility index (Phi) is 8.99. The van der Waals surface area contributed by atoms with Crippen molar-refractivity contribution in [1.29, 1.82) is 0 Å². The van der Waals surface area contributed by atoms with Gasteiger partial charge in [-0.3, -0.25) is 4.55 Å². The molecule has 0 spiro atoms. The van der Waals surface area contributed by atoms with Crippen LogP contribution in [0.2, 0.25) is 0 Å². The van der Waals surface area contributed by atoms with Crippen molar-refractivity contribution in [1.82, 2.24) is 0 Å². The molecule has 0 aliphatic heterocycles. The molecule has 8 nitrogen and oxygen atoms in total. The molecular formula is C29H28O8S3. The first-order chi connectivity index (χ1) is 19.0. The first kappa shape index (κ1) is 29.3. The zero-order valence-corrected chi connectivity index (χ0v) is 24.4. The van der Waals surface area contributed by atoms with E-state index in [0.29, 0.717) is 23.0 Å². The Labute approximate surface area is 236 Å². The number of methoxy groups -OCH3 is 2. The van der Waals surface area contributed by atoms with Gasteiger partial charge < -0.3 is 14.2 Å². The summed E-state index contributed by atoms with van der Waals surface area (Å²) in [6.07, 6.45) is 4.84. The number of benzene rings is 3. The Hall–Kier alpha value is -3.64. The minimum atomic E-state index is -4.39. The molecule has 1 unspecified atom stereocenters. The van der Waals surface area contributed by atoms with Crippen molar-refractivity contribution in [3.8, 4) is 17.2 Å². The smallest absolute Gasteiger partial charge is 0.291 e. The Bertz CT molecular complexity index is 1710. The highest BCUT2D eigenvalue weighted by atomic mass is 32.2. The molecule has 0 radical (unpaired) electrons. The average Bonchev–Trinajstić information content (AvgIpc) is 3.18. The van der Waals surface area contributed by atoms with Crippen LogP contribution in [-0.2, 0) is 24.7 Å². The highest BCUT2D eigenvalue weighted by Crippen LogP contribution is 2.41. The lowest BCUT2D eigenvalue weighted by molar-refractivity contribution is 0.306. The highest BCUT2D eigenvalue weighted by molar-refractivity contribution is 8.18. The third-order valence-corrected chi connectivity index (χ3v) is 10.8. The fourth-order valence-corrected chi connectivity index (χ4v) is 7.70. The largest absolute Gasteiger partial charge is 0.497 e. The second-order valence-electron chi connectivity index (χ2n) is 8.47. The van der Waals surface area contributed by atoms with Gasteiger partial charge in [-0.25, -0.2) is 8.42 Å². The Morgan fingerprint density at radius 3 is 1.75 bits per heavy atom. The van der Waals surface area contributed by atoms with E-state index in [-0.39, 0.29) is 21.1 Å². The first-order valence-corrected chi connectivity index (χ1v) is 16.2. The van der Waals surface area contributed by atoms with Crippen LogP contribution in [0.15, 0.2) is 121 Å². The predicted molar refractivity (Wildman–Crippen MR) is 156 cm³/mol. The molecule has 0 aromatic heterocycles. The molecule has 1 atom stereocenters. The summed E-state index contributed by atoms with van der Waals surface area (Å²) in [6, 6.07) is 19.7. The summed E-state index contributed by atoms with van der Waals surface area (Å²) in [5, 5.41) is 1.97. The SMILES string of the molecule is C/C=S(/C1=CC=C(OC)C=C(S(=O)(=O)O)C1)c1ccc(Oc2ccc(S(=O)(=O)c3ccc(OC)cc3)cc2)cc1. The van der Waals surface area contributed by atoms with Crippen LogP contribution in [0.3, 0.4) is 0 Å². The van der Waals surface area contributed by atoms with Crippen LogP contribution in [0, 0.1) is 0 Å². The van der Waals surface area contributed by atoms with Gasteiger partial charge in [0.25, 0.3) is 10.1 Å². The molecule has 1 aliphatic carbocycles. The Morgan fingerprint density at radius 1 is 0.750 bits per heavy atom. The molecule has 3 aromatic rings. The molecule has 1 N–H and O–H groups in total. The normalized spacial score (nSPS) is 14.8. The zero-order chi connectivity index (χ0) is 28.9. The van der Waals surface area contributed by atoms with Crippen LogP contribution >= 0.6 is 10.5 Å². The topological polar surface area (TPSA) is 116 Å². The minimum absolute atomic E-state index is 0.0413. The number of sulfone groups is 1. The minimum Gasteiger partial charge on any atom is -0.497 e. The monoisotopic (exact) mass is 600 g/mol. The van der Waals surface area contributed by atoms with Gasteiger partial charge in [0.2, 0.25) is 9.84 Å². The van der Waals surface area contributed by atoms with Crippen molar-refractivity contribution in [3.05, 3.63) is 107 Å². The van der Waals surface area contributed by atoms with Gasteiger partial charge in [-0.05, 0) is 103 Å². The molecule has 210 valence electrons. The summed E-state index contributed by atoms with van der Waals surface area (Å²) in [7, 11) is -5.70. The van der Waals surface area contributed by atoms with Crippen molar-refractivity contribution < 1.29 is 35.6 Å². The third-order valence-electron chi connectivity index (χ3n) is 5.99. The van der Waals surface area contributed by atoms with Gasteiger partial charge in [-0.2, -0.15) is 8.42 Å². The van der Waals surface area contributed by atoms with Crippen molar-refractivity contribution >= 4 is 35.8 Å². The van der Waals surface area contributed by atoms with Gasteiger partial charge >= 0.3 is 0 Å². The van der Waals surface area contributed by atoms with Crippen LogP contribution in [0.25, 0.3) is 0 Å². The van der Waals surface area contributed by atoms with Gasteiger partial charge in [0.1, 0.15) is 23.0 Å². The molecule has 0 saturated carbocycles. The Morgan fingerprint density at radius 2 is 1.27 bits per heavy atom. The number of hydrogen-bond donors (Lipinski definition) is 1. The van der Waals surface area contributed by atoms with E-state index in [4.69, 9.17) is 14.2 Å². The first-order valence-electron chi connectivity index (χ1n) is 12.0. The third kappa shape index (κ3) is 6.73. The lowest BCUT2D eigenvalue weighted by atomic mass is 10.3. The second-order valence-corrected chi connectivity index (χ2v) is 14.0. The van der Waals surface area contributed by atoms with Crippen molar-refractivity contribution in [2.75, 3.05) is 14.2 Å². The van der Waals surface area contributed by atoms with Gasteiger partial charge in [0, 0.05) is 11.3 Å². The quantitative estimate of drug-likeness (QED) is 0.223. The molecule has 0 fully saturated rings. The fourth-order valence-electron chi connectivity index (χ4n) is 3.91. The van der Waals surface area contributed by atoms with Crippen molar-refractivity contribution in [3.63, 3.8) is 0 Å². The summed E-state index contributed by atoms with van der Waals surface area (Å²) in [4.78, 5) is 1.88. The van der Waals surface area contributed by atoms with Gasteiger partial charge in [-0.15, -0.1) is 10.5 Å². The maximum absolute atomic E-state index is 12.9. The van der Waals surface area contributed by atoms with Crippen LogP contribution in [0.1, 0.15) is 13.3 Å². The maximum Gasteiger partial charge on any atom is 0.291 e. The molecule has 4 rings (SSSR count). The molecule has 0 bridgehead atoms. The van der Waals surface area contributed by atoms with E-state index < -0.39 is 30.4 Å². The molecule has 0 saturated heterocycles. The lowest BCUT2D eigenvalue weighted by Gasteiger charge is -2.15. The zero-order valence-electron chi connectivity index (χ0n) is 22.0. The number of allylic oxidation sites excluding steroid dienone is 5. The van der Waals surface area contributed by atoms with E-state index in [2.05, 4.69) is 0 Å². The number of hydrogen-bond acceptors (Lipinski definition) is 7. The number of ether oxygens (including phenoxy) is 3. The second kappa shape index (κ2) is 12.3. The van der Waals surface area contributed by atoms with Crippen LogP contribution in [0.5, 0.6) is 17.2 Å². The molecular weight excluding hydrogens is 573 g/mol. The molecule has 3 aromatic carbocycles. The molecule has 0 heterocycles. The van der Waals surface area contributed by atoms with E-state index in [1.165, 1.54) is 44.6 Å². The summed E-state index contributed by atoms with van der Waals surface area (Å²) in [5.41, 5.74) is 0. The van der Waals surface area contributed by atoms with E-state index in [9.17, 15) is 21.4 Å². The van der Waals surface area contributed by atoms with Gasteiger partial charge in [0.15, 0.2) is 0 Å². The summed E-state index contributed by atoms with van der Waals surface area (Å²) >= 11 is 0. The summed E-state index contributed by atoms with van der Waals surface area (Å²) in [6.45, 7) is 1.89. The Balaban J connectivity index is 1.51. The van der Waals surface area contributed by atoms with Crippen molar-refractivity contribution in [2.24, 2.45) is 0 Å². The van der Waals surface area contributed by atoms with E-state index in [1.54, 1.807) is 42.5 Å². The van der Waals surface area contributed by atoms with Crippen LogP contribution in [-0.4, -0.2) is 41.0 Å². The van der Waals surface area contributed by atoms with E-state index in [0.717, 1.165) is 9.80 Å². The molecule has 11 heteroatoms. The van der Waals surface area contributed by atoms with E-state index >= 15 is 0 Å². The van der Waals surface area contributed by atoms with E-state index in [1.807, 2.05) is 30.5 Å². The lowest BCUT2D eigenvalue weighted by Crippen LogP contribution is -2.03. The van der Waals surface area contributed by atoms with Gasteiger partial charge in [0.05, 0.1) is 28.9 Å². The molecule has 0 amide bonds. The van der Waals surface area contributed by atoms with Crippen LogP contribution < -0.4 is 9.47 Å². The van der Waals surface area contributed by atoms with Crippen LogP contribution in [0.4, 0.5) is 0 Å². The number of rotatable bonds is 9. The summed E-state index contributed by atoms with van der Waals surface area (Å²) in [5.74, 6) is 1.91. The maximum atomic E-state index is 12.9.